The molecule has 0 fully saturated rings. The van der Waals surface area contributed by atoms with Crippen LogP contribution in [0, 0.1) is 0 Å². The van der Waals surface area contributed by atoms with Gasteiger partial charge < -0.3 is 15.4 Å². The molecule has 5 heteroatoms. The van der Waals surface area contributed by atoms with Gasteiger partial charge >= 0.3 is 0 Å². The molecule has 9 aromatic carbocycles. The number of hydrogen-bond acceptors (Lipinski definition) is 5. The van der Waals surface area contributed by atoms with Crippen LogP contribution in [0.1, 0.15) is 80.5 Å². The molecule has 2 aliphatic rings. The lowest BCUT2D eigenvalue weighted by atomic mass is 9.65. The monoisotopic (exact) mass is 854 g/mol. The quantitative estimate of drug-likeness (QED) is 0.113. The molecule has 2 heterocycles. The van der Waals surface area contributed by atoms with Crippen molar-refractivity contribution in [1.29, 1.82) is 0 Å². The molecule has 0 saturated carbocycles. The molecular formula is C61H50N4O. The van der Waals surface area contributed by atoms with Gasteiger partial charge in [0.1, 0.15) is 17.6 Å². The predicted molar refractivity (Wildman–Crippen MR) is 268 cm³/mol. The zero-order valence-corrected chi connectivity index (χ0v) is 36.8. The zero-order valence-electron chi connectivity index (χ0n) is 36.8. The first-order valence-corrected chi connectivity index (χ1v) is 22.7. The van der Waals surface area contributed by atoms with Crippen LogP contribution in [0.4, 0.5) is 5.69 Å². The summed E-state index contributed by atoms with van der Waals surface area (Å²) in [5, 5.41) is 11.3. The number of anilines is 1. The van der Waals surface area contributed by atoms with Crippen LogP contribution in [0.3, 0.4) is 0 Å². The highest BCUT2D eigenvalue weighted by molar-refractivity contribution is 5.65. The Kier molecular flexibility index (Phi) is 10.6. The third-order valence-electron chi connectivity index (χ3n) is 13.8. The zero-order chi connectivity index (χ0) is 44.4. The van der Waals surface area contributed by atoms with Crippen LogP contribution in [0.15, 0.2) is 254 Å². The molecule has 320 valence electrons. The van der Waals surface area contributed by atoms with Crippen LogP contribution in [0.25, 0.3) is 0 Å². The molecule has 3 N–H and O–H groups in total. The van der Waals surface area contributed by atoms with E-state index in [1.54, 1.807) is 0 Å². The fraction of sp³-hybridized carbons (Fsp3) is 0.0984. The Hall–Kier alpha value is -7.99. The van der Waals surface area contributed by atoms with E-state index in [9.17, 15) is 0 Å². The van der Waals surface area contributed by atoms with Crippen molar-refractivity contribution in [3.8, 4) is 5.75 Å². The molecule has 0 radical (unpaired) electrons. The average molecular weight is 855 g/mol. The molecule has 0 spiro atoms. The number of rotatable bonds is 11. The Morgan fingerprint density at radius 2 is 0.818 bits per heavy atom. The first-order chi connectivity index (χ1) is 32.6. The van der Waals surface area contributed by atoms with Gasteiger partial charge in [-0.25, -0.2) is 0 Å². The van der Waals surface area contributed by atoms with Gasteiger partial charge in [-0.05, 0) is 74.7 Å². The summed E-state index contributed by atoms with van der Waals surface area (Å²) in [5.74, 6) is 0.856. The number of aliphatic imine (C=N–C) groups is 1. The molecule has 5 nitrogen and oxygen atoms in total. The molecule has 9 aromatic rings. The maximum atomic E-state index is 6.34. The van der Waals surface area contributed by atoms with Crippen LogP contribution in [0.2, 0.25) is 0 Å². The first kappa shape index (κ1) is 40.8. The Morgan fingerprint density at radius 1 is 0.424 bits per heavy atom. The van der Waals surface area contributed by atoms with E-state index in [0.717, 1.165) is 33.7 Å². The SMILES string of the molecule is CC(c1ccccc1)(c1ccccc1)c1ccc(C2N=CNC(c3ccc(C4Nc5ccccc5O4)cc3)(c3ccc(C(c4ccccc4)(c4ccccc4)c4ccccc4)cc3)N2)cc1. The van der Waals surface area contributed by atoms with E-state index in [2.05, 4.69) is 253 Å². The van der Waals surface area contributed by atoms with Crippen molar-refractivity contribution in [2.45, 2.75) is 35.8 Å². The molecule has 66 heavy (non-hydrogen) atoms. The summed E-state index contributed by atoms with van der Waals surface area (Å²) in [5.41, 5.74) is 11.9. The van der Waals surface area contributed by atoms with Gasteiger partial charge in [0.15, 0.2) is 6.23 Å². The Morgan fingerprint density at radius 3 is 1.32 bits per heavy atom. The largest absolute Gasteiger partial charge is 0.464 e. The third kappa shape index (κ3) is 7.05. The van der Waals surface area contributed by atoms with E-state index in [-0.39, 0.29) is 17.8 Å². The summed E-state index contributed by atoms with van der Waals surface area (Å²) in [6.07, 6.45) is 1.23. The van der Waals surface area contributed by atoms with Gasteiger partial charge in [-0.1, -0.05) is 237 Å². The van der Waals surface area contributed by atoms with Crippen molar-refractivity contribution in [3.63, 3.8) is 0 Å². The molecule has 3 unspecified atom stereocenters. The first-order valence-electron chi connectivity index (χ1n) is 22.7. The minimum absolute atomic E-state index is 0.286. The van der Waals surface area contributed by atoms with Gasteiger partial charge in [0, 0.05) is 11.0 Å². The van der Waals surface area contributed by atoms with Crippen molar-refractivity contribution >= 4 is 12.0 Å². The van der Waals surface area contributed by atoms with E-state index >= 15 is 0 Å². The van der Waals surface area contributed by atoms with Gasteiger partial charge in [-0.2, -0.15) is 0 Å². The fourth-order valence-electron chi connectivity index (χ4n) is 10.3. The highest BCUT2D eigenvalue weighted by Gasteiger charge is 2.42. The number of nitrogens with one attached hydrogen (secondary N) is 3. The van der Waals surface area contributed by atoms with Crippen molar-refractivity contribution < 1.29 is 4.74 Å². The molecule has 0 aromatic heterocycles. The van der Waals surface area contributed by atoms with Crippen LogP contribution >= 0.6 is 0 Å². The second-order valence-electron chi connectivity index (χ2n) is 17.4. The molecule has 3 atom stereocenters. The molecule has 0 saturated heterocycles. The third-order valence-corrected chi connectivity index (χ3v) is 13.8. The van der Waals surface area contributed by atoms with E-state index in [1.807, 2.05) is 24.5 Å². The van der Waals surface area contributed by atoms with Crippen LogP contribution in [-0.2, 0) is 16.5 Å². The summed E-state index contributed by atoms with van der Waals surface area (Å²) in [4.78, 5) is 5.06. The average Bonchev–Trinajstić information content (AvgIpc) is 3.85. The minimum atomic E-state index is -0.855. The van der Waals surface area contributed by atoms with E-state index < -0.39 is 11.1 Å². The van der Waals surface area contributed by atoms with Crippen LogP contribution in [-0.4, -0.2) is 6.34 Å². The Labute approximate surface area is 387 Å². The molecular weight excluding hydrogens is 805 g/mol. The normalized spacial score (nSPS) is 17.8. The van der Waals surface area contributed by atoms with E-state index in [4.69, 9.17) is 9.73 Å². The maximum Gasteiger partial charge on any atom is 0.196 e. The maximum absolute atomic E-state index is 6.34. The van der Waals surface area contributed by atoms with Crippen molar-refractivity contribution in [2.75, 3.05) is 5.32 Å². The van der Waals surface area contributed by atoms with Crippen molar-refractivity contribution in [2.24, 2.45) is 4.99 Å². The number of fused-ring (bicyclic) bond motifs is 1. The smallest absolute Gasteiger partial charge is 0.196 e. The predicted octanol–water partition coefficient (Wildman–Crippen LogP) is 13.0. The van der Waals surface area contributed by atoms with Gasteiger partial charge in [0.05, 0.1) is 17.4 Å². The molecule has 0 bridgehead atoms. The number of para-hydroxylation sites is 2. The molecule has 0 aliphatic carbocycles. The number of ether oxygens (including phenoxy) is 1. The highest BCUT2D eigenvalue weighted by Crippen LogP contribution is 2.46. The lowest BCUT2D eigenvalue weighted by Gasteiger charge is -2.42. The topological polar surface area (TPSA) is 57.7 Å². The Bertz CT molecular complexity index is 2910. The van der Waals surface area contributed by atoms with Gasteiger partial charge in [-0.15, -0.1) is 0 Å². The van der Waals surface area contributed by atoms with Crippen LogP contribution < -0.4 is 20.7 Å². The second-order valence-corrected chi connectivity index (χ2v) is 17.4. The minimum Gasteiger partial charge on any atom is -0.464 e. The number of benzene rings is 9. The van der Waals surface area contributed by atoms with Crippen molar-refractivity contribution in [1.82, 2.24) is 10.6 Å². The highest BCUT2D eigenvalue weighted by atomic mass is 16.5. The fourth-order valence-corrected chi connectivity index (χ4v) is 10.3. The summed E-state index contributed by atoms with van der Waals surface area (Å²) in [7, 11) is 0. The summed E-state index contributed by atoms with van der Waals surface area (Å²) >= 11 is 0. The Balaban J connectivity index is 1.00. The van der Waals surface area contributed by atoms with E-state index in [1.165, 1.54) is 38.9 Å². The standard InChI is InChI=1S/C61H50N4O/c1-59(46-19-7-2-8-20-46,47-21-9-3-10-22-47)48-35-31-44(32-36-48)57-62-43-63-61(65-57,53-37-33-45(34-38-53)58-64-55-29-17-18-30-56(55)66-58)54-41-39-52(40-42-54)60(49-23-11-4-12-24-49,50-25-13-5-14-26-50)51-27-15-6-16-28-51/h2-43,57-58,64-65H,1H3,(H,62,63). The van der Waals surface area contributed by atoms with Crippen LogP contribution in [0.5, 0.6) is 5.75 Å². The lowest BCUT2D eigenvalue weighted by Crippen LogP contribution is -2.57. The lowest BCUT2D eigenvalue weighted by molar-refractivity contribution is 0.259. The number of nitrogens with zero attached hydrogens (tertiary/aromatic N) is 1. The van der Waals surface area contributed by atoms with Crippen molar-refractivity contribution in [3.05, 3.63) is 310 Å². The van der Waals surface area contributed by atoms with Gasteiger partial charge in [0.25, 0.3) is 0 Å². The second kappa shape index (κ2) is 17.2. The van der Waals surface area contributed by atoms with E-state index in [0.29, 0.717) is 0 Å². The number of hydrogen-bond donors (Lipinski definition) is 3. The summed E-state index contributed by atoms with van der Waals surface area (Å²) in [6, 6.07) is 89.1. The van der Waals surface area contributed by atoms with Gasteiger partial charge in [0.2, 0.25) is 0 Å². The summed E-state index contributed by atoms with van der Waals surface area (Å²) < 4.78 is 6.34. The molecule has 11 rings (SSSR count). The summed E-state index contributed by atoms with van der Waals surface area (Å²) in [6.45, 7) is 2.32. The molecule has 0 amide bonds. The molecule has 2 aliphatic heterocycles. The van der Waals surface area contributed by atoms with Gasteiger partial charge in [-0.3, -0.25) is 10.3 Å².